The van der Waals surface area contributed by atoms with Gasteiger partial charge in [0, 0.05) is 77.0 Å². The zero-order valence-corrected chi connectivity index (χ0v) is 54.3. The molecule has 23 heteroatoms. The summed E-state index contributed by atoms with van der Waals surface area (Å²) >= 11 is 3.47. The number of nitrogens with one attached hydrogen (secondary N) is 3. The summed E-state index contributed by atoms with van der Waals surface area (Å²) in [7, 11) is 1.49. The lowest BCUT2D eigenvalue weighted by molar-refractivity contribution is -0.137. The summed E-state index contributed by atoms with van der Waals surface area (Å²) in [4.78, 5) is 33.3. The molecule has 3 N–H and O–H groups in total. The molecular weight excluding hydrogens is 1320 g/mol. The van der Waals surface area contributed by atoms with Crippen LogP contribution in [0.3, 0.4) is 0 Å². The van der Waals surface area contributed by atoms with Crippen LogP contribution in [0, 0.1) is 25.2 Å². The molecule has 5 aromatic heterocycles. The quantitative estimate of drug-likeness (QED) is 0.0452. The first-order valence-electron chi connectivity index (χ1n) is 30.3. The van der Waals surface area contributed by atoms with E-state index in [-0.39, 0.29) is 41.4 Å². The maximum Gasteiger partial charge on any atom is 0.416 e. The van der Waals surface area contributed by atoms with Crippen LogP contribution in [-0.4, -0.2) is 79.3 Å². The van der Waals surface area contributed by atoms with Crippen molar-refractivity contribution >= 4 is 84.8 Å². The van der Waals surface area contributed by atoms with E-state index in [2.05, 4.69) is 73.2 Å². The number of rotatable bonds is 25. The van der Waals surface area contributed by atoms with E-state index >= 15 is 0 Å². The molecule has 0 fully saturated rings. The van der Waals surface area contributed by atoms with Crippen molar-refractivity contribution in [3.8, 4) is 34.8 Å². The summed E-state index contributed by atoms with van der Waals surface area (Å²) < 4.78 is 74.0. The van der Waals surface area contributed by atoms with Crippen LogP contribution in [0.2, 0.25) is 0 Å². The molecule has 0 bridgehead atoms. The molecule has 6 aromatic carbocycles. The molecule has 11 rings (SSSR count). The number of aromatic nitrogens is 8. The lowest BCUT2D eigenvalue weighted by Gasteiger charge is -2.15. The number of amides is 1. The normalized spacial score (nSPS) is 10.8. The molecule has 11 aromatic rings. The minimum absolute atomic E-state index is 0. The van der Waals surface area contributed by atoms with Crippen LogP contribution in [0.4, 0.5) is 36.1 Å². The number of alkyl halides is 3. The number of pyridine rings is 2. The highest BCUT2D eigenvalue weighted by molar-refractivity contribution is 9.10. The standard InChI is InChI=1S/C27H27N5O3.C25H23F3N4O2.C20H18BrN3O2.3CH4/c1-18-13-21(8-11-25(18)35-22-9-6-19(2)29-15-22)32-27-23-14-20(7-10-24(23)30-17-31-27)5-4-12-28-26(33)16-34-3;26-25(27,28)21-9-4-20(5-10-21)8-13-24-30-22(18-34-24)17-33-23-11-6-19(7-12-23)3-1-2-15-32-16-14-29-31-32;1-3-25-18-9-16-17(10-19(18)26-4-2)23-12-13(11-22)20(16)24-15-7-5-6-14(21)8-15;;;/h4-11,13-15,17H,12,16H2,1-3H3,(H,28,33)(H,30,31,32);4-14,16,18H,1-3,15,17H2;5-10,12H,3-4H2,1-2H3,(H,23,24);3*1H4/b5-4+;13-8+;;;;. The van der Waals surface area contributed by atoms with Crippen LogP contribution >= 0.6 is 15.9 Å². The number of nitriles is 1. The second kappa shape index (κ2) is 38.0. The molecule has 0 aliphatic carbocycles. The van der Waals surface area contributed by atoms with Crippen LogP contribution < -0.4 is 34.9 Å². The zero-order valence-electron chi connectivity index (χ0n) is 52.7. The molecular formula is C75H80BrF3N12O7. The first-order valence-corrected chi connectivity index (χ1v) is 31.1. The Labute approximate surface area is 577 Å². The highest BCUT2D eigenvalue weighted by Gasteiger charge is 2.30. The molecule has 0 atom stereocenters. The summed E-state index contributed by atoms with van der Waals surface area (Å²) in [6.07, 6.45) is 15.7. The summed E-state index contributed by atoms with van der Waals surface area (Å²) in [6, 6.07) is 42.2. The largest absolute Gasteiger partial charge is 0.490 e. The fourth-order valence-electron chi connectivity index (χ4n) is 9.39. The SMILES string of the molecule is C.C.C.CCOc1cc2ncc(C#N)c(Nc3cccc(Br)c3)c2cc1OCC.COCC(=O)NC/C=C/c1ccc2ncnc(Nc3ccc(Oc4ccc(C)nc4)c(C)c3)c2c1.FC(F)(F)c1ccc(/C=C/c2nc(COc3ccc(CCCCn4ccnn4)cc3)co2)cc1. The Hall–Kier alpha value is -11.0. The maximum absolute atomic E-state index is 12.6. The Bertz CT molecular complexity index is 4410. The monoisotopic (exact) mass is 1400 g/mol. The zero-order chi connectivity index (χ0) is 66.9. The van der Waals surface area contributed by atoms with Gasteiger partial charge in [-0.15, -0.1) is 5.10 Å². The lowest BCUT2D eigenvalue weighted by Crippen LogP contribution is -2.26. The molecule has 1 amide bonds. The molecule has 0 radical (unpaired) electrons. The van der Waals surface area contributed by atoms with Crippen molar-refractivity contribution in [1.82, 2.24) is 45.2 Å². The van der Waals surface area contributed by atoms with Gasteiger partial charge in [0.05, 0.1) is 53.5 Å². The number of benzene rings is 6. The van der Waals surface area contributed by atoms with Gasteiger partial charge in [-0.25, -0.2) is 15.0 Å². The molecule has 5 heterocycles. The van der Waals surface area contributed by atoms with E-state index in [1.807, 2.05) is 160 Å². The third-order valence-electron chi connectivity index (χ3n) is 14.1. The number of aryl methyl sites for hydroxylation is 4. The van der Waals surface area contributed by atoms with E-state index in [0.29, 0.717) is 71.2 Å². The average Bonchev–Trinajstić information content (AvgIpc) is 0.882. The fourth-order valence-corrected chi connectivity index (χ4v) is 9.79. The van der Waals surface area contributed by atoms with Gasteiger partial charge in [-0.05, 0) is 166 Å². The second-order valence-corrected chi connectivity index (χ2v) is 22.1. The second-order valence-electron chi connectivity index (χ2n) is 21.1. The predicted octanol–water partition coefficient (Wildman–Crippen LogP) is 18.3. The number of halogens is 4. The van der Waals surface area contributed by atoms with E-state index in [1.54, 1.807) is 37.1 Å². The molecule has 0 saturated carbocycles. The Morgan fingerprint density at radius 1 is 0.735 bits per heavy atom. The number of unbranched alkanes of at least 4 members (excludes halogenated alkanes) is 1. The van der Waals surface area contributed by atoms with E-state index in [9.17, 15) is 23.2 Å². The van der Waals surface area contributed by atoms with E-state index in [4.69, 9.17) is 28.1 Å². The third kappa shape index (κ3) is 22.6. The number of methoxy groups -OCH3 is 1. The van der Waals surface area contributed by atoms with Crippen molar-refractivity contribution in [2.75, 3.05) is 44.1 Å². The third-order valence-corrected chi connectivity index (χ3v) is 14.6. The van der Waals surface area contributed by atoms with Crippen molar-refractivity contribution < 1.29 is 46.1 Å². The Balaban J connectivity index is 0.000000231. The van der Waals surface area contributed by atoms with Gasteiger partial charge >= 0.3 is 6.18 Å². The van der Waals surface area contributed by atoms with Crippen LogP contribution in [0.5, 0.6) is 28.7 Å². The average molecular weight is 1400 g/mol. The van der Waals surface area contributed by atoms with Gasteiger partial charge in [0.25, 0.3) is 0 Å². The molecule has 0 saturated heterocycles. The van der Waals surface area contributed by atoms with Crippen LogP contribution in [-0.2, 0) is 35.3 Å². The summed E-state index contributed by atoms with van der Waals surface area (Å²) in [5.74, 6) is 4.37. The van der Waals surface area contributed by atoms with Crippen molar-refractivity contribution in [2.45, 2.75) is 88.6 Å². The van der Waals surface area contributed by atoms with Crippen molar-refractivity contribution in [1.29, 1.82) is 5.26 Å². The number of hydrogen-bond acceptors (Lipinski definition) is 17. The first-order chi connectivity index (χ1) is 46.1. The van der Waals surface area contributed by atoms with Gasteiger partial charge in [-0.1, -0.05) is 92.0 Å². The number of hydrogen-bond donors (Lipinski definition) is 3. The van der Waals surface area contributed by atoms with Crippen molar-refractivity contribution in [3.05, 3.63) is 232 Å². The van der Waals surface area contributed by atoms with E-state index in [0.717, 1.165) is 104 Å². The van der Waals surface area contributed by atoms with Crippen LogP contribution in [0.15, 0.2) is 186 Å². The number of ether oxygens (including phenoxy) is 5. The summed E-state index contributed by atoms with van der Waals surface area (Å²) in [5.41, 5.74) is 9.16. The molecule has 0 spiro atoms. The Morgan fingerprint density at radius 2 is 1.49 bits per heavy atom. The van der Waals surface area contributed by atoms with E-state index < -0.39 is 11.7 Å². The number of fused-ring (bicyclic) bond motifs is 2. The van der Waals surface area contributed by atoms with Gasteiger partial charge in [0.2, 0.25) is 11.8 Å². The van der Waals surface area contributed by atoms with Crippen molar-refractivity contribution in [3.63, 3.8) is 0 Å². The Morgan fingerprint density at radius 3 is 2.18 bits per heavy atom. The maximum atomic E-state index is 12.6. The predicted molar refractivity (Wildman–Crippen MR) is 384 cm³/mol. The molecule has 98 heavy (non-hydrogen) atoms. The molecule has 0 aliphatic heterocycles. The van der Waals surface area contributed by atoms with Crippen LogP contribution in [0.1, 0.15) is 99.6 Å². The smallest absolute Gasteiger partial charge is 0.416 e. The first kappa shape index (κ1) is 76.1. The molecule has 19 nitrogen and oxygen atoms in total. The van der Waals surface area contributed by atoms with Gasteiger partial charge < -0.3 is 44.1 Å². The molecule has 0 aliphatic rings. The lowest BCUT2D eigenvalue weighted by atomic mass is 10.1. The number of anilines is 4. The highest BCUT2D eigenvalue weighted by Crippen LogP contribution is 2.38. The van der Waals surface area contributed by atoms with Gasteiger partial charge in [0.15, 0.2) is 11.5 Å². The van der Waals surface area contributed by atoms with Gasteiger partial charge in [-0.2, -0.15) is 18.4 Å². The topological polar surface area (TPSA) is 231 Å². The highest BCUT2D eigenvalue weighted by atomic mass is 79.9. The van der Waals surface area contributed by atoms with Crippen LogP contribution in [0.25, 0.3) is 40.0 Å². The molecule has 0 unspecified atom stereocenters. The van der Waals surface area contributed by atoms with Gasteiger partial charge in [-0.3, -0.25) is 19.4 Å². The minimum atomic E-state index is -4.35. The Kier molecular flexibility index (Phi) is 29.5. The minimum Gasteiger partial charge on any atom is -0.490 e. The summed E-state index contributed by atoms with van der Waals surface area (Å²) in [5, 5.41) is 28.5. The number of carbonyl (C=O) groups excluding carboxylic acids is 1. The van der Waals surface area contributed by atoms with Crippen molar-refractivity contribution in [2.24, 2.45) is 0 Å². The molecule has 510 valence electrons. The van der Waals surface area contributed by atoms with Gasteiger partial charge in [0.1, 0.15) is 60.6 Å². The van der Waals surface area contributed by atoms with E-state index in [1.165, 1.54) is 31.1 Å². The number of carbonyl (C=O) groups is 1. The number of oxazole rings is 1. The number of nitrogens with zero attached hydrogens (tertiary/aromatic N) is 9. The fraction of sp³-hybridized carbons (Fsp3) is 0.240. The summed E-state index contributed by atoms with van der Waals surface area (Å²) in [6.45, 7) is 10.4.